The first-order valence-electron chi connectivity index (χ1n) is 4.37. The van der Waals surface area contributed by atoms with Crippen LogP contribution in [0.25, 0.3) is 0 Å². The smallest absolute Gasteiger partial charge is 0.0384 e. The second-order valence-corrected chi connectivity index (χ2v) is 4.49. The Labute approximate surface area is 89.5 Å². The molecule has 0 aromatic heterocycles. The molecule has 0 aliphatic carbocycles. The largest absolute Gasteiger partial charge is 0.323 e. The van der Waals surface area contributed by atoms with Crippen LogP contribution in [0, 0.1) is 0 Å². The average Bonchev–Trinajstić information content (AvgIpc) is 2.18. The average molecular weight is 213 g/mol. The first-order valence-corrected chi connectivity index (χ1v) is 5.99. The Morgan fingerprint density at radius 2 is 2.00 bits per heavy atom. The van der Waals surface area contributed by atoms with E-state index in [0.29, 0.717) is 5.75 Å². The van der Waals surface area contributed by atoms with E-state index in [1.807, 2.05) is 11.8 Å². The van der Waals surface area contributed by atoms with Crippen molar-refractivity contribution in [3.8, 4) is 0 Å². The molecule has 0 radical (unpaired) electrons. The molecule has 2 N–H and O–H groups in total. The molecule has 0 aliphatic heterocycles. The topological polar surface area (TPSA) is 26.0 Å². The van der Waals surface area contributed by atoms with Crippen LogP contribution in [0.5, 0.6) is 0 Å². The molecule has 72 valence electrons. The third kappa shape index (κ3) is 3.25. The van der Waals surface area contributed by atoms with Gasteiger partial charge in [0, 0.05) is 16.7 Å². The SMILES string of the molecule is CCSc1ccc(C(N)CS)cc1. The number of thioether (sulfide) groups is 1. The summed E-state index contributed by atoms with van der Waals surface area (Å²) in [5.41, 5.74) is 7.00. The van der Waals surface area contributed by atoms with E-state index in [1.54, 1.807) is 0 Å². The van der Waals surface area contributed by atoms with Crippen LogP contribution < -0.4 is 5.73 Å². The van der Waals surface area contributed by atoms with Crippen molar-refractivity contribution in [1.29, 1.82) is 0 Å². The molecule has 1 aromatic carbocycles. The summed E-state index contributed by atoms with van der Waals surface area (Å²) in [6.45, 7) is 2.15. The molecule has 1 atom stereocenters. The number of thiol groups is 1. The van der Waals surface area contributed by atoms with Gasteiger partial charge in [-0.2, -0.15) is 12.6 Å². The Morgan fingerprint density at radius 3 is 2.46 bits per heavy atom. The van der Waals surface area contributed by atoms with E-state index in [-0.39, 0.29) is 6.04 Å². The molecule has 3 heteroatoms. The molecule has 13 heavy (non-hydrogen) atoms. The van der Waals surface area contributed by atoms with Crippen molar-refractivity contribution >= 4 is 24.4 Å². The lowest BCUT2D eigenvalue weighted by molar-refractivity contribution is 0.833. The first-order chi connectivity index (χ1) is 6.27. The standard InChI is InChI=1S/C10H15NS2/c1-2-13-9-5-3-8(4-6-9)10(11)7-12/h3-6,10,12H,2,7,11H2,1H3. The zero-order chi connectivity index (χ0) is 9.68. The van der Waals surface area contributed by atoms with Gasteiger partial charge in [0.2, 0.25) is 0 Å². The van der Waals surface area contributed by atoms with E-state index in [0.717, 1.165) is 11.3 Å². The fraction of sp³-hybridized carbons (Fsp3) is 0.400. The second kappa shape index (κ2) is 5.58. The van der Waals surface area contributed by atoms with E-state index < -0.39 is 0 Å². The van der Waals surface area contributed by atoms with E-state index in [4.69, 9.17) is 5.73 Å². The van der Waals surface area contributed by atoms with Crippen molar-refractivity contribution < 1.29 is 0 Å². The van der Waals surface area contributed by atoms with E-state index >= 15 is 0 Å². The van der Waals surface area contributed by atoms with Crippen LogP contribution >= 0.6 is 24.4 Å². The van der Waals surface area contributed by atoms with Gasteiger partial charge in [-0.05, 0) is 23.4 Å². The second-order valence-electron chi connectivity index (χ2n) is 2.79. The first kappa shape index (κ1) is 11.0. The predicted octanol–water partition coefficient (Wildman–Crippen LogP) is 2.73. The summed E-state index contributed by atoms with van der Waals surface area (Å²) in [6.07, 6.45) is 0. The summed E-state index contributed by atoms with van der Waals surface area (Å²) in [6, 6.07) is 8.46. The molecule has 0 fully saturated rings. The number of rotatable bonds is 4. The molecular formula is C10H15NS2. The van der Waals surface area contributed by atoms with Gasteiger partial charge in [-0.1, -0.05) is 19.1 Å². The molecule has 0 aliphatic rings. The molecule has 1 rings (SSSR count). The van der Waals surface area contributed by atoms with E-state index in [9.17, 15) is 0 Å². The molecule has 0 heterocycles. The van der Waals surface area contributed by atoms with E-state index in [2.05, 4.69) is 43.8 Å². The van der Waals surface area contributed by atoms with Crippen molar-refractivity contribution in [1.82, 2.24) is 0 Å². The van der Waals surface area contributed by atoms with Gasteiger partial charge in [0.25, 0.3) is 0 Å². The Hall–Kier alpha value is -0.120. The Bertz CT molecular complexity index is 246. The molecular weight excluding hydrogens is 198 g/mol. The van der Waals surface area contributed by atoms with Crippen molar-refractivity contribution in [2.75, 3.05) is 11.5 Å². The van der Waals surface area contributed by atoms with Crippen LogP contribution in [0.2, 0.25) is 0 Å². The highest BCUT2D eigenvalue weighted by molar-refractivity contribution is 7.99. The third-order valence-corrected chi connectivity index (χ3v) is 3.10. The number of hydrogen-bond acceptors (Lipinski definition) is 3. The minimum atomic E-state index is 0.0593. The van der Waals surface area contributed by atoms with Crippen LogP contribution in [0.1, 0.15) is 18.5 Å². The Kier molecular flexibility index (Phi) is 4.70. The van der Waals surface area contributed by atoms with Gasteiger partial charge in [0.05, 0.1) is 0 Å². The lowest BCUT2D eigenvalue weighted by Crippen LogP contribution is -2.11. The number of hydrogen-bond donors (Lipinski definition) is 2. The third-order valence-electron chi connectivity index (χ3n) is 1.82. The summed E-state index contributed by atoms with van der Waals surface area (Å²) in [5, 5.41) is 0. The molecule has 0 saturated heterocycles. The molecule has 1 nitrogen and oxygen atoms in total. The lowest BCUT2D eigenvalue weighted by Gasteiger charge is -2.08. The van der Waals surface area contributed by atoms with Gasteiger partial charge in [-0.25, -0.2) is 0 Å². The maximum Gasteiger partial charge on any atom is 0.0384 e. The van der Waals surface area contributed by atoms with Crippen molar-refractivity contribution in [3.05, 3.63) is 29.8 Å². The molecule has 1 unspecified atom stereocenters. The highest BCUT2D eigenvalue weighted by Crippen LogP contribution is 2.20. The Morgan fingerprint density at radius 1 is 1.38 bits per heavy atom. The van der Waals surface area contributed by atoms with Crippen molar-refractivity contribution in [2.45, 2.75) is 17.9 Å². The lowest BCUT2D eigenvalue weighted by atomic mass is 10.1. The summed E-state index contributed by atoms with van der Waals surface area (Å²) >= 11 is 6.01. The van der Waals surface area contributed by atoms with Gasteiger partial charge >= 0.3 is 0 Å². The van der Waals surface area contributed by atoms with Crippen molar-refractivity contribution in [2.24, 2.45) is 5.73 Å². The molecule has 1 aromatic rings. The van der Waals surface area contributed by atoms with Crippen molar-refractivity contribution in [3.63, 3.8) is 0 Å². The quantitative estimate of drug-likeness (QED) is 0.594. The highest BCUT2D eigenvalue weighted by atomic mass is 32.2. The van der Waals surface area contributed by atoms with Gasteiger partial charge in [-0.3, -0.25) is 0 Å². The maximum absolute atomic E-state index is 5.84. The summed E-state index contributed by atoms with van der Waals surface area (Å²) in [4.78, 5) is 1.30. The summed E-state index contributed by atoms with van der Waals surface area (Å²) in [5.74, 6) is 1.80. The fourth-order valence-electron chi connectivity index (χ4n) is 1.08. The van der Waals surface area contributed by atoms with Crippen LogP contribution in [0.4, 0.5) is 0 Å². The van der Waals surface area contributed by atoms with Crippen LogP contribution in [-0.2, 0) is 0 Å². The molecule has 0 spiro atoms. The monoisotopic (exact) mass is 213 g/mol. The molecule has 0 amide bonds. The highest BCUT2D eigenvalue weighted by Gasteiger charge is 2.02. The Balaban J connectivity index is 2.69. The summed E-state index contributed by atoms with van der Waals surface area (Å²) in [7, 11) is 0. The molecule has 0 bridgehead atoms. The zero-order valence-electron chi connectivity index (χ0n) is 7.73. The minimum absolute atomic E-state index is 0.0593. The van der Waals surface area contributed by atoms with Gasteiger partial charge in [0.15, 0.2) is 0 Å². The number of nitrogens with two attached hydrogens (primary N) is 1. The number of benzene rings is 1. The van der Waals surface area contributed by atoms with Crippen LogP contribution in [0.3, 0.4) is 0 Å². The summed E-state index contributed by atoms with van der Waals surface area (Å²) < 4.78 is 0. The molecule has 0 saturated carbocycles. The van der Waals surface area contributed by atoms with Gasteiger partial charge in [-0.15, -0.1) is 11.8 Å². The van der Waals surface area contributed by atoms with Crippen LogP contribution in [0.15, 0.2) is 29.2 Å². The van der Waals surface area contributed by atoms with E-state index in [1.165, 1.54) is 4.90 Å². The van der Waals surface area contributed by atoms with Gasteiger partial charge < -0.3 is 5.73 Å². The maximum atomic E-state index is 5.84. The predicted molar refractivity (Wildman–Crippen MR) is 63.6 cm³/mol. The van der Waals surface area contributed by atoms with Gasteiger partial charge in [0.1, 0.15) is 0 Å². The fourth-order valence-corrected chi connectivity index (χ4v) is 1.96. The normalized spacial score (nSPS) is 12.8. The minimum Gasteiger partial charge on any atom is -0.323 e. The van der Waals surface area contributed by atoms with Crippen LogP contribution in [-0.4, -0.2) is 11.5 Å². The zero-order valence-corrected chi connectivity index (χ0v) is 9.44.